The van der Waals surface area contributed by atoms with E-state index in [0.717, 1.165) is 25.8 Å². The fourth-order valence-electron chi connectivity index (χ4n) is 4.99. The highest BCUT2D eigenvalue weighted by Crippen LogP contribution is 2.34. The van der Waals surface area contributed by atoms with Crippen LogP contribution in [0.3, 0.4) is 0 Å². The molecule has 2 amide bonds. The molecule has 3 aliphatic heterocycles. The van der Waals surface area contributed by atoms with Crippen LogP contribution < -0.4 is 10.7 Å². The molecule has 3 aliphatic rings. The summed E-state index contributed by atoms with van der Waals surface area (Å²) in [5.74, 6) is -2.11. The molecule has 162 valence electrons. The average Bonchev–Trinajstić information content (AvgIpc) is 3.25. The van der Waals surface area contributed by atoms with Crippen molar-refractivity contribution in [3.63, 3.8) is 0 Å². The number of benzene rings is 1. The van der Waals surface area contributed by atoms with Crippen LogP contribution in [-0.2, 0) is 13.1 Å². The molecule has 2 fully saturated rings. The highest BCUT2D eigenvalue weighted by Gasteiger charge is 2.45. The van der Waals surface area contributed by atoms with Gasteiger partial charge in [0, 0.05) is 31.9 Å². The van der Waals surface area contributed by atoms with Crippen molar-refractivity contribution in [3.8, 4) is 5.75 Å². The topological polar surface area (TPSA) is 94.9 Å². The Morgan fingerprint density at radius 3 is 2.71 bits per heavy atom. The first kappa shape index (κ1) is 19.7. The molecule has 2 aromatic rings. The van der Waals surface area contributed by atoms with Crippen molar-refractivity contribution in [1.29, 1.82) is 0 Å². The first-order valence-electron chi connectivity index (χ1n) is 10.5. The molecule has 4 heterocycles. The predicted molar refractivity (Wildman–Crippen MR) is 109 cm³/mol. The molecule has 31 heavy (non-hydrogen) atoms. The number of halogens is 1. The van der Waals surface area contributed by atoms with Gasteiger partial charge < -0.3 is 19.9 Å². The van der Waals surface area contributed by atoms with Crippen molar-refractivity contribution in [2.24, 2.45) is 0 Å². The monoisotopic (exact) mass is 426 g/mol. The van der Waals surface area contributed by atoms with Gasteiger partial charge in [-0.15, -0.1) is 0 Å². The van der Waals surface area contributed by atoms with Crippen molar-refractivity contribution in [2.45, 2.75) is 44.6 Å². The summed E-state index contributed by atoms with van der Waals surface area (Å²) >= 11 is 0. The zero-order valence-corrected chi connectivity index (χ0v) is 16.9. The number of amides is 2. The molecule has 1 aromatic heterocycles. The number of carbonyl (C=O) groups is 2. The number of aromatic hydroxyl groups is 1. The van der Waals surface area contributed by atoms with Gasteiger partial charge in [-0.25, -0.2) is 4.39 Å². The number of aromatic nitrogens is 1. The Bertz CT molecular complexity index is 1110. The molecule has 2 atom stereocenters. The van der Waals surface area contributed by atoms with Crippen LogP contribution >= 0.6 is 0 Å². The van der Waals surface area contributed by atoms with E-state index in [1.165, 1.54) is 35.0 Å². The average molecular weight is 426 g/mol. The first-order valence-corrected chi connectivity index (χ1v) is 10.5. The molecule has 2 N–H and O–H groups in total. The van der Waals surface area contributed by atoms with E-state index in [0.29, 0.717) is 24.7 Å². The van der Waals surface area contributed by atoms with Crippen LogP contribution in [0.5, 0.6) is 5.75 Å². The number of rotatable bonds is 3. The van der Waals surface area contributed by atoms with Gasteiger partial charge in [0.1, 0.15) is 17.5 Å². The highest BCUT2D eigenvalue weighted by molar-refractivity contribution is 5.99. The van der Waals surface area contributed by atoms with Crippen LogP contribution in [0.4, 0.5) is 4.39 Å². The molecule has 0 saturated carbocycles. The van der Waals surface area contributed by atoms with Crippen LogP contribution in [0.25, 0.3) is 0 Å². The summed E-state index contributed by atoms with van der Waals surface area (Å²) in [5, 5.41) is 13.1. The second-order valence-corrected chi connectivity index (χ2v) is 8.33. The molecular weight excluding hydrogens is 403 g/mol. The van der Waals surface area contributed by atoms with Crippen LogP contribution in [0.15, 0.2) is 35.3 Å². The fraction of sp³-hybridized carbons (Fsp3) is 0.409. The number of hydrogen-bond acceptors (Lipinski definition) is 5. The highest BCUT2D eigenvalue weighted by atomic mass is 19.1. The van der Waals surface area contributed by atoms with E-state index in [-0.39, 0.29) is 35.7 Å². The lowest BCUT2D eigenvalue weighted by atomic mass is 10.0. The lowest BCUT2D eigenvalue weighted by molar-refractivity contribution is -0.0211. The molecule has 0 bridgehead atoms. The number of fused-ring (bicyclic) bond motifs is 4. The molecule has 8 nitrogen and oxygen atoms in total. The molecule has 1 aromatic carbocycles. The van der Waals surface area contributed by atoms with Crippen molar-refractivity contribution in [1.82, 2.24) is 19.7 Å². The first-order chi connectivity index (χ1) is 14.9. The smallest absolute Gasteiger partial charge is 0.275 e. The Labute approximate surface area is 177 Å². The van der Waals surface area contributed by atoms with E-state index in [1.807, 2.05) is 0 Å². The van der Waals surface area contributed by atoms with Gasteiger partial charge in [0.05, 0.1) is 6.54 Å². The summed E-state index contributed by atoms with van der Waals surface area (Å²) in [5.41, 5.74) is -0.483. The fourth-order valence-corrected chi connectivity index (χ4v) is 4.99. The summed E-state index contributed by atoms with van der Waals surface area (Å²) in [4.78, 5) is 42.5. The number of hydrogen-bond donors (Lipinski definition) is 2. The van der Waals surface area contributed by atoms with Gasteiger partial charge >= 0.3 is 0 Å². The van der Waals surface area contributed by atoms with Crippen LogP contribution in [0.1, 0.15) is 45.7 Å². The number of nitrogens with zero attached hydrogens (tertiary/aromatic N) is 3. The number of carbonyl (C=O) groups excluding carboxylic acids is 2. The maximum Gasteiger partial charge on any atom is 0.275 e. The zero-order chi connectivity index (χ0) is 21.7. The zero-order valence-electron chi connectivity index (χ0n) is 16.9. The maximum atomic E-state index is 13.1. The molecule has 9 heteroatoms. The minimum atomic E-state index is -0.870. The molecule has 0 spiro atoms. The van der Waals surface area contributed by atoms with E-state index >= 15 is 0 Å². The lowest BCUT2D eigenvalue weighted by Gasteiger charge is -2.48. The van der Waals surface area contributed by atoms with Crippen LogP contribution in [0, 0.1) is 5.82 Å². The minimum absolute atomic E-state index is 0.0611. The SMILES string of the molecule is O=C(NCc1ccc(F)cc1)c1cn2c(c(O)c1=O)C(=O)N1CC[C@@H]3CCCN3C1C2. The Kier molecular flexibility index (Phi) is 4.77. The summed E-state index contributed by atoms with van der Waals surface area (Å²) < 4.78 is 14.6. The normalized spacial score (nSPS) is 22.6. The summed E-state index contributed by atoms with van der Waals surface area (Å²) in [7, 11) is 0. The number of nitrogens with one attached hydrogen (secondary N) is 1. The third-order valence-electron chi connectivity index (χ3n) is 6.56. The Morgan fingerprint density at radius 1 is 1.16 bits per heavy atom. The predicted octanol–water partition coefficient (Wildman–Crippen LogP) is 1.27. The molecular formula is C22H23FN4O4. The van der Waals surface area contributed by atoms with Gasteiger partial charge in [-0.05, 0) is 37.0 Å². The largest absolute Gasteiger partial charge is 0.503 e. The summed E-state index contributed by atoms with van der Waals surface area (Å²) in [6, 6.07) is 6.09. The molecule has 2 saturated heterocycles. The molecule has 1 unspecified atom stereocenters. The standard InChI is InChI=1S/C22H23FN4O4/c23-14-5-3-13(4-6-14)10-24-21(30)16-11-25-12-17-26-8-1-2-15(26)7-9-27(17)22(31)18(25)20(29)19(16)28/h3-6,11,15,17,29H,1-2,7-10,12H2,(H,24,30)/t15-,17?/m0/s1. The third-order valence-corrected chi connectivity index (χ3v) is 6.56. The second kappa shape index (κ2) is 7.49. The van der Waals surface area contributed by atoms with E-state index in [1.54, 1.807) is 4.90 Å². The quantitative estimate of drug-likeness (QED) is 0.771. The Hall–Kier alpha value is -3.20. The molecule has 5 rings (SSSR count). The van der Waals surface area contributed by atoms with Gasteiger partial charge in [0.15, 0.2) is 11.4 Å². The van der Waals surface area contributed by atoms with Gasteiger partial charge in [0.2, 0.25) is 5.43 Å². The summed E-state index contributed by atoms with van der Waals surface area (Å²) in [6.45, 7) is 2.00. The van der Waals surface area contributed by atoms with Crippen LogP contribution in [0.2, 0.25) is 0 Å². The van der Waals surface area contributed by atoms with Crippen molar-refractivity contribution in [3.05, 3.63) is 63.3 Å². The Balaban J connectivity index is 1.43. The van der Waals surface area contributed by atoms with E-state index in [2.05, 4.69) is 10.2 Å². The number of pyridine rings is 1. The van der Waals surface area contributed by atoms with E-state index in [4.69, 9.17) is 0 Å². The van der Waals surface area contributed by atoms with Crippen molar-refractivity contribution < 1.29 is 19.1 Å². The van der Waals surface area contributed by atoms with Gasteiger partial charge in [-0.1, -0.05) is 12.1 Å². The van der Waals surface area contributed by atoms with Crippen molar-refractivity contribution in [2.75, 3.05) is 13.1 Å². The van der Waals surface area contributed by atoms with Gasteiger partial charge in [0.25, 0.3) is 11.8 Å². The van der Waals surface area contributed by atoms with Crippen LogP contribution in [-0.4, -0.2) is 56.6 Å². The third kappa shape index (κ3) is 3.29. The lowest BCUT2D eigenvalue weighted by Crippen LogP contribution is -2.62. The Morgan fingerprint density at radius 2 is 1.94 bits per heavy atom. The summed E-state index contributed by atoms with van der Waals surface area (Å²) in [6.07, 6.45) is 4.31. The van der Waals surface area contributed by atoms with Crippen molar-refractivity contribution >= 4 is 11.8 Å². The minimum Gasteiger partial charge on any atom is -0.503 e. The van der Waals surface area contributed by atoms with E-state index in [9.17, 15) is 23.9 Å². The molecule has 0 radical (unpaired) electrons. The van der Waals surface area contributed by atoms with E-state index < -0.39 is 17.1 Å². The van der Waals surface area contributed by atoms with Gasteiger partial charge in [-0.2, -0.15) is 0 Å². The molecule has 0 aliphatic carbocycles. The second-order valence-electron chi connectivity index (χ2n) is 8.33. The maximum absolute atomic E-state index is 13.1. The van der Waals surface area contributed by atoms with Gasteiger partial charge in [-0.3, -0.25) is 19.3 Å².